The summed E-state index contributed by atoms with van der Waals surface area (Å²) < 4.78 is 0.890. The fraction of sp³-hybridized carbons (Fsp3) is 0.500. The molecule has 13 heavy (non-hydrogen) atoms. The summed E-state index contributed by atoms with van der Waals surface area (Å²) >= 11 is 0. The Balaban J connectivity index is 0.000000424. The summed E-state index contributed by atoms with van der Waals surface area (Å²) in [6, 6.07) is 10.5. The Morgan fingerprint density at radius 1 is 0.923 bits per heavy atom. The zero-order valence-electron chi connectivity index (χ0n) is 9.54. The van der Waals surface area contributed by atoms with Crippen molar-refractivity contribution in [2.75, 3.05) is 21.1 Å². The van der Waals surface area contributed by atoms with Gasteiger partial charge in [-0.25, -0.2) is 0 Å². The third-order valence-corrected chi connectivity index (χ3v) is 1.53. The van der Waals surface area contributed by atoms with E-state index in [2.05, 4.69) is 59.3 Å². The van der Waals surface area contributed by atoms with Crippen LogP contribution < -0.4 is 4.48 Å². The second-order valence-electron chi connectivity index (χ2n) is 4.06. The van der Waals surface area contributed by atoms with Crippen molar-refractivity contribution in [3.05, 3.63) is 30.3 Å². The minimum Gasteiger partial charge on any atom is -0.298 e. The van der Waals surface area contributed by atoms with Crippen molar-refractivity contribution in [3.8, 4) is 0 Å². The standard InChI is InChI=1S/C9H14N.C3H8/c1-10(2,3)9-7-5-4-6-8-9;1-3-2/h4-8H,1-3H3;3H2,1-2H3/q+1;. The molecule has 0 amide bonds. The van der Waals surface area contributed by atoms with Crippen molar-refractivity contribution >= 4 is 5.69 Å². The van der Waals surface area contributed by atoms with Gasteiger partial charge in [0.25, 0.3) is 0 Å². The number of rotatable bonds is 1. The number of benzene rings is 1. The Kier molecular flexibility index (Phi) is 5.40. The molecular weight excluding hydrogens is 158 g/mol. The molecule has 0 aliphatic heterocycles. The van der Waals surface area contributed by atoms with E-state index in [9.17, 15) is 0 Å². The SMILES string of the molecule is CCC.C[N+](C)(C)c1ccccc1. The van der Waals surface area contributed by atoms with Gasteiger partial charge in [0.1, 0.15) is 5.69 Å². The molecule has 0 unspecified atom stereocenters. The molecule has 0 bridgehead atoms. The molecule has 0 radical (unpaired) electrons. The molecule has 0 spiro atoms. The van der Waals surface area contributed by atoms with Gasteiger partial charge in [-0.15, -0.1) is 0 Å². The van der Waals surface area contributed by atoms with Crippen LogP contribution in [0, 0.1) is 0 Å². The van der Waals surface area contributed by atoms with Gasteiger partial charge in [0.2, 0.25) is 0 Å². The van der Waals surface area contributed by atoms with Crippen LogP contribution in [0.1, 0.15) is 20.3 Å². The van der Waals surface area contributed by atoms with E-state index in [1.54, 1.807) is 0 Å². The summed E-state index contributed by atoms with van der Waals surface area (Å²) in [5.74, 6) is 0. The highest BCUT2D eigenvalue weighted by Gasteiger charge is 2.08. The third-order valence-electron chi connectivity index (χ3n) is 1.53. The molecule has 0 heterocycles. The Morgan fingerprint density at radius 3 is 1.54 bits per heavy atom. The molecule has 1 rings (SSSR count). The van der Waals surface area contributed by atoms with Gasteiger partial charge >= 0.3 is 0 Å². The molecule has 0 saturated carbocycles. The number of nitrogens with zero attached hydrogens (tertiary/aromatic N) is 1. The van der Waals surface area contributed by atoms with E-state index in [4.69, 9.17) is 0 Å². The van der Waals surface area contributed by atoms with E-state index in [0.29, 0.717) is 0 Å². The van der Waals surface area contributed by atoms with Crippen LogP contribution in [0.25, 0.3) is 0 Å². The smallest absolute Gasteiger partial charge is 0.132 e. The largest absolute Gasteiger partial charge is 0.298 e. The van der Waals surface area contributed by atoms with Crippen LogP contribution in [-0.4, -0.2) is 21.1 Å². The van der Waals surface area contributed by atoms with Gasteiger partial charge in [0.05, 0.1) is 21.1 Å². The summed E-state index contributed by atoms with van der Waals surface area (Å²) in [6.07, 6.45) is 1.25. The molecule has 0 aromatic heterocycles. The van der Waals surface area contributed by atoms with Crippen molar-refractivity contribution in [2.45, 2.75) is 20.3 Å². The van der Waals surface area contributed by atoms with Crippen molar-refractivity contribution in [2.24, 2.45) is 0 Å². The second-order valence-corrected chi connectivity index (χ2v) is 4.06. The topological polar surface area (TPSA) is 0 Å². The summed E-state index contributed by atoms with van der Waals surface area (Å²) in [7, 11) is 6.49. The average molecular weight is 180 g/mol. The van der Waals surface area contributed by atoms with Crippen LogP contribution in [0.3, 0.4) is 0 Å². The first-order valence-corrected chi connectivity index (χ1v) is 4.89. The number of hydrogen-bond donors (Lipinski definition) is 0. The molecule has 0 aliphatic rings. The fourth-order valence-corrected chi connectivity index (χ4v) is 0.875. The van der Waals surface area contributed by atoms with Crippen LogP contribution in [0.5, 0.6) is 0 Å². The van der Waals surface area contributed by atoms with E-state index < -0.39 is 0 Å². The maximum Gasteiger partial charge on any atom is 0.132 e. The first kappa shape index (κ1) is 12.2. The van der Waals surface area contributed by atoms with E-state index in [1.807, 2.05) is 6.07 Å². The van der Waals surface area contributed by atoms with Crippen LogP contribution >= 0.6 is 0 Å². The van der Waals surface area contributed by atoms with Gasteiger partial charge < -0.3 is 0 Å². The van der Waals surface area contributed by atoms with Crippen molar-refractivity contribution in [3.63, 3.8) is 0 Å². The Hall–Kier alpha value is -0.820. The number of hydrogen-bond acceptors (Lipinski definition) is 0. The molecule has 1 aromatic carbocycles. The molecule has 74 valence electrons. The number of para-hydroxylation sites is 1. The van der Waals surface area contributed by atoms with Gasteiger partial charge in [-0.05, 0) is 12.1 Å². The maximum absolute atomic E-state index is 2.16. The molecule has 1 nitrogen and oxygen atoms in total. The molecule has 0 N–H and O–H groups in total. The second kappa shape index (κ2) is 5.76. The predicted octanol–water partition coefficient (Wildman–Crippen LogP) is 3.30. The Morgan fingerprint density at radius 2 is 1.31 bits per heavy atom. The van der Waals surface area contributed by atoms with E-state index >= 15 is 0 Å². The van der Waals surface area contributed by atoms with E-state index in [1.165, 1.54) is 12.1 Å². The normalized spacial score (nSPS) is 10.2. The van der Waals surface area contributed by atoms with E-state index in [0.717, 1.165) is 4.48 Å². The van der Waals surface area contributed by atoms with Gasteiger partial charge in [-0.3, -0.25) is 4.48 Å². The van der Waals surface area contributed by atoms with Crippen LogP contribution in [0.4, 0.5) is 5.69 Å². The molecule has 1 aromatic rings. The van der Waals surface area contributed by atoms with Crippen LogP contribution in [0.15, 0.2) is 30.3 Å². The minimum absolute atomic E-state index is 0.890. The summed E-state index contributed by atoms with van der Waals surface area (Å²) in [5, 5.41) is 0. The lowest BCUT2D eigenvalue weighted by atomic mass is 10.3. The van der Waals surface area contributed by atoms with Gasteiger partial charge in [-0.2, -0.15) is 0 Å². The molecule has 0 saturated heterocycles. The Labute approximate surface area is 82.6 Å². The van der Waals surface area contributed by atoms with Crippen molar-refractivity contribution in [1.82, 2.24) is 4.48 Å². The van der Waals surface area contributed by atoms with Gasteiger partial charge in [-0.1, -0.05) is 38.5 Å². The monoisotopic (exact) mass is 180 g/mol. The number of quaternary nitrogens is 1. The molecule has 0 aliphatic carbocycles. The first-order valence-electron chi connectivity index (χ1n) is 4.89. The van der Waals surface area contributed by atoms with E-state index in [-0.39, 0.29) is 0 Å². The highest BCUT2D eigenvalue weighted by molar-refractivity contribution is 5.40. The van der Waals surface area contributed by atoms with Crippen LogP contribution in [-0.2, 0) is 0 Å². The fourth-order valence-electron chi connectivity index (χ4n) is 0.875. The zero-order chi connectivity index (χ0) is 10.3. The first-order chi connectivity index (χ1) is 6.02. The summed E-state index contributed by atoms with van der Waals surface area (Å²) in [5.41, 5.74) is 1.34. The highest BCUT2D eigenvalue weighted by Crippen LogP contribution is 2.14. The lowest BCUT2D eigenvalue weighted by molar-refractivity contribution is 0.486. The van der Waals surface area contributed by atoms with Crippen molar-refractivity contribution in [1.29, 1.82) is 0 Å². The molecule has 0 fully saturated rings. The van der Waals surface area contributed by atoms with Crippen LogP contribution in [0.2, 0.25) is 0 Å². The lowest BCUT2D eigenvalue weighted by Crippen LogP contribution is -2.34. The quantitative estimate of drug-likeness (QED) is 0.582. The third kappa shape index (κ3) is 5.42. The zero-order valence-corrected chi connectivity index (χ0v) is 9.54. The molecule has 0 atom stereocenters. The van der Waals surface area contributed by atoms with Gasteiger partial charge in [0, 0.05) is 0 Å². The van der Waals surface area contributed by atoms with Gasteiger partial charge in [0.15, 0.2) is 0 Å². The average Bonchev–Trinajstić information content (AvgIpc) is 2.06. The Bertz CT molecular complexity index is 208. The lowest BCUT2D eigenvalue weighted by Gasteiger charge is -2.22. The summed E-state index contributed by atoms with van der Waals surface area (Å²) in [4.78, 5) is 0. The highest BCUT2D eigenvalue weighted by atomic mass is 15.3. The molecular formula is C12H22N+. The minimum atomic E-state index is 0.890. The maximum atomic E-state index is 2.16. The molecule has 1 heteroatoms. The predicted molar refractivity (Wildman–Crippen MR) is 62.0 cm³/mol. The van der Waals surface area contributed by atoms with Crippen molar-refractivity contribution < 1.29 is 0 Å². The summed E-state index contributed by atoms with van der Waals surface area (Å²) in [6.45, 7) is 4.25.